The van der Waals surface area contributed by atoms with Gasteiger partial charge in [-0.1, -0.05) is 13.8 Å². The van der Waals surface area contributed by atoms with Crippen molar-refractivity contribution in [2.24, 2.45) is 12.5 Å². The van der Waals surface area contributed by atoms with Crippen molar-refractivity contribution in [2.45, 2.75) is 39.0 Å². The van der Waals surface area contributed by atoms with Gasteiger partial charge in [0.1, 0.15) is 5.82 Å². The third kappa shape index (κ3) is 3.03. The van der Waals surface area contributed by atoms with Gasteiger partial charge in [-0.3, -0.25) is 4.68 Å². The van der Waals surface area contributed by atoms with Crippen molar-refractivity contribution in [1.29, 1.82) is 0 Å². The number of aromatic nitrogens is 2. The lowest BCUT2D eigenvalue weighted by Gasteiger charge is -2.16. The molecule has 0 unspecified atom stereocenters. The number of nitrogens with two attached hydrogens (primary N) is 1. The van der Waals surface area contributed by atoms with Crippen molar-refractivity contribution < 1.29 is 4.74 Å². The third-order valence-corrected chi connectivity index (χ3v) is 4.08. The van der Waals surface area contributed by atoms with Gasteiger partial charge in [-0.2, -0.15) is 5.10 Å². The molecule has 1 fully saturated rings. The van der Waals surface area contributed by atoms with Crippen LogP contribution in [-0.2, 0) is 11.8 Å². The minimum absolute atomic E-state index is 0.352. The standard InChI is InChI=1S/C14H26N4O/c1-10(2)12-11(15)13(18(3)17-12)16-9-14(5-6-14)7-8-19-4/h10,16H,5-9,15H2,1-4H3. The van der Waals surface area contributed by atoms with Crippen molar-refractivity contribution in [1.82, 2.24) is 9.78 Å². The number of rotatable bonds is 7. The summed E-state index contributed by atoms with van der Waals surface area (Å²) in [6, 6.07) is 0. The summed E-state index contributed by atoms with van der Waals surface area (Å²) in [7, 11) is 3.71. The molecule has 3 N–H and O–H groups in total. The molecule has 5 nitrogen and oxygen atoms in total. The number of ether oxygens (including phenoxy) is 1. The highest BCUT2D eigenvalue weighted by molar-refractivity contribution is 5.65. The molecule has 1 aliphatic carbocycles. The molecule has 0 radical (unpaired) electrons. The molecule has 108 valence electrons. The predicted octanol–water partition coefficient (Wildman–Crippen LogP) is 2.35. The van der Waals surface area contributed by atoms with Crippen LogP contribution in [0.15, 0.2) is 0 Å². The molecule has 0 aromatic carbocycles. The van der Waals surface area contributed by atoms with E-state index < -0.39 is 0 Å². The Kier molecular flexibility index (Phi) is 4.04. The number of nitrogens with one attached hydrogen (secondary N) is 1. The quantitative estimate of drug-likeness (QED) is 0.795. The number of aryl methyl sites for hydroxylation is 1. The summed E-state index contributed by atoms with van der Waals surface area (Å²) in [5.74, 6) is 1.30. The fourth-order valence-corrected chi connectivity index (χ4v) is 2.48. The first-order valence-corrected chi connectivity index (χ1v) is 7.04. The number of anilines is 2. The van der Waals surface area contributed by atoms with Gasteiger partial charge in [0.2, 0.25) is 0 Å². The minimum atomic E-state index is 0.352. The van der Waals surface area contributed by atoms with Gasteiger partial charge in [0.25, 0.3) is 0 Å². The van der Waals surface area contributed by atoms with Gasteiger partial charge in [0.05, 0.1) is 11.4 Å². The fourth-order valence-electron chi connectivity index (χ4n) is 2.48. The van der Waals surface area contributed by atoms with E-state index in [1.54, 1.807) is 7.11 Å². The number of hydrogen-bond acceptors (Lipinski definition) is 4. The molecule has 0 amide bonds. The van der Waals surface area contributed by atoms with Crippen LogP contribution in [0.2, 0.25) is 0 Å². The van der Waals surface area contributed by atoms with Crippen LogP contribution < -0.4 is 11.1 Å². The Morgan fingerprint density at radius 2 is 2.16 bits per heavy atom. The predicted molar refractivity (Wildman–Crippen MR) is 78.4 cm³/mol. The van der Waals surface area contributed by atoms with E-state index in [9.17, 15) is 0 Å². The zero-order valence-corrected chi connectivity index (χ0v) is 12.5. The number of nitrogen functional groups attached to an aromatic ring is 1. The van der Waals surface area contributed by atoms with Gasteiger partial charge in [0.15, 0.2) is 0 Å². The molecule has 0 saturated heterocycles. The normalized spacial score (nSPS) is 16.9. The summed E-state index contributed by atoms with van der Waals surface area (Å²) in [5.41, 5.74) is 8.36. The maximum Gasteiger partial charge on any atom is 0.147 e. The van der Waals surface area contributed by atoms with Crippen LogP contribution in [-0.4, -0.2) is 30.0 Å². The maximum atomic E-state index is 6.18. The van der Waals surface area contributed by atoms with Crippen molar-refractivity contribution in [3.63, 3.8) is 0 Å². The molecule has 2 rings (SSSR count). The Bertz CT molecular complexity index is 435. The van der Waals surface area contributed by atoms with Crippen LogP contribution in [0, 0.1) is 5.41 Å². The number of methoxy groups -OCH3 is 1. The molecule has 0 spiro atoms. The lowest BCUT2D eigenvalue weighted by atomic mass is 10.0. The lowest BCUT2D eigenvalue weighted by molar-refractivity contribution is 0.175. The van der Waals surface area contributed by atoms with Gasteiger partial charge in [-0.15, -0.1) is 0 Å². The third-order valence-electron chi connectivity index (χ3n) is 4.08. The molecule has 0 atom stereocenters. The lowest BCUT2D eigenvalue weighted by Crippen LogP contribution is -2.19. The van der Waals surface area contributed by atoms with Crippen LogP contribution in [0.25, 0.3) is 0 Å². The highest BCUT2D eigenvalue weighted by Gasteiger charge is 2.42. The van der Waals surface area contributed by atoms with Gasteiger partial charge in [-0.25, -0.2) is 0 Å². The molecular weight excluding hydrogens is 240 g/mol. The number of nitrogens with zero attached hydrogens (tertiary/aromatic N) is 2. The van der Waals surface area contributed by atoms with Crippen LogP contribution >= 0.6 is 0 Å². The summed E-state index contributed by atoms with van der Waals surface area (Å²) in [5, 5.41) is 7.99. The van der Waals surface area contributed by atoms with E-state index in [4.69, 9.17) is 10.5 Å². The van der Waals surface area contributed by atoms with E-state index in [1.165, 1.54) is 12.8 Å². The Hall–Kier alpha value is -1.23. The van der Waals surface area contributed by atoms with Crippen LogP contribution in [0.3, 0.4) is 0 Å². The largest absolute Gasteiger partial charge is 0.394 e. The van der Waals surface area contributed by atoms with Crippen molar-refractivity contribution >= 4 is 11.5 Å². The summed E-state index contributed by atoms with van der Waals surface area (Å²) in [6.07, 6.45) is 3.67. The van der Waals surface area contributed by atoms with Crippen LogP contribution in [0.5, 0.6) is 0 Å². The second kappa shape index (κ2) is 5.41. The van der Waals surface area contributed by atoms with Crippen molar-refractivity contribution in [3.05, 3.63) is 5.69 Å². The second-order valence-corrected chi connectivity index (χ2v) is 6.02. The average molecular weight is 266 g/mol. The second-order valence-electron chi connectivity index (χ2n) is 6.02. The van der Waals surface area contributed by atoms with Crippen LogP contribution in [0.1, 0.15) is 44.7 Å². The first-order chi connectivity index (χ1) is 8.99. The number of hydrogen-bond donors (Lipinski definition) is 2. The minimum Gasteiger partial charge on any atom is -0.394 e. The maximum absolute atomic E-state index is 6.18. The average Bonchev–Trinajstić information content (AvgIpc) is 3.07. The van der Waals surface area contributed by atoms with Gasteiger partial charge >= 0.3 is 0 Å². The van der Waals surface area contributed by atoms with E-state index in [-0.39, 0.29) is 0 Å². The van der Waals surface area contributed by atoms with E-state index >= 15 is 0 Å². The Labute approximate surface area is 115 Å². The molecule has 1 aliphatic rings. The van der Waals surface area contributed by atoms with Crippen molar-refractivity contribution in [2.75, 3.05) is 31.3 Å². The summed E-state index contributed by atoms with van der Waals surface area (Å²) < 4.78 is 7.04. The van der Waals surface area contributed by atoms with E-state index in [1.807, 2.05) is 11.7 Å². The Balaban J connectivity index is 2.00. The van der Waals surface area contributed by atoms with E-state index in [0.717, 1.165) is 36.8 Å². The van der Waals surface area contributed by atoms with E-state index in [0.29, 0.717) is 11.3 Å². The zero-order chi connectivity index (χ0) is 14.0. The molecule has 1 saturated carbocycles. The summed E-state index contributed by atoms with van der Waals surface area (Å²) in [4.78, 5) is 0. The molecule has 1 heterocycles. The Morgan fingerprint density at radius 1 is 1.47 bits per heavy atom. The monoisotopic (exact) mass is 266 g/mol. The zero-order valence-electron chi connectivity index (χ0n) is 12.5. The van der Waals surface area contributed by atoms with Gasteiger partial charge < -0.3 is 15.8 Å². The highest BCUT2D eigenvalue weighted by atomic mass is 16.5. The van der Waals surface area contributed by atoms with Gasteiger partial charge in [-0.05, 0) is 30.6 Å². The summed E-state index contributed by atoms with van der Waals surface area (Å²) >= 11 is 0. The van der Waals surface area contributed by atoms with E-state index in [2.05, 4.69) is 24.3 Å². The molecule has 0 aliphatic heterocycles. The first-order valence-electron chi connectivity index (χ1n) is 7.04. The highest BCUT2D eigenvalue weighted by Crippen LogP contribution is 2.49. The first kappa shape index (κ1) is 14.2. The summed E-state index contributed by atoms with van der Waals surface area (Å²) in [6.45, 7) is 6.02. The Morgan fingerprint density at radius 3 is 2.63 bits per heavy atom. The topological polar surface area (TPSA) is 65.1 Å². The fraction of sp³-hybridized carbons (Fsp3) is 0.786. The molecule has 0 bridgehead atoms. The molecular formula is C14H26N4O. The molecule has 5 heteroatoms. The smallest absolute Gasteiger partial charge is 0.147 e. The molecule has 19 heavy (non-hydrogen) atoms. The van der Waals surface area contributed by atoms with Crippen molar-refractivity contribution in [3.8, 4) is 0 Å². The van der Waals surface area contributed by atoms with Gasteiger partial charge in [0, 0.05) is 27.3 Å². The van der Waals surface area contributed by atoms with Crippen LogP contribution in [0.4, 0.5) is 11.5 Å². The molecule has 1 aromatic heterocycles. The SMILES string of the molecule is COCCC1(CNc2c(N)c(C(C)C)nn2C)CC1. The molecule has 1 aromatic rings.